The summed E-state index contributed by atoms with van der Waals surface area (Å²) in [5.41, 5.74) is 3.39. The lowest BCUT2D eigenvalue weighted by molar-refractivity contribution is -0.134. The maximum atomic E-state index is 12.5. The van der Waals surface area contributed by atoms with Gasteiger partial charge in [-0.25, -0.2) is 5.43 Å². The number of methoxy groups -OCH3 is 1. The number of ether oxygens (including phenoxy) is 1. The normalized spacial score (nSPS) is 12.0. The van der Waals surface area contributed by atoms with Gasteiger partial charge in [-0.3, -0.25) is 9.59 Å². The van der Waals surface area contributed by atoms with Crippen LogP contribution in [0.15, 0.2) is 53.6 Å². The van der Waals surface area contributed by atoms with Crippen LogP contribution < -0.4 is 15.5 Å². The number of amides is 2. The molecule has 0 bridgehead atoms. The van der Waals surface area contributed by atoms with E-state index >= 15 is 0 Å². The van der Waals surface area contributed by atoms with Crippen LogP contribution in [0.4, 0.5) is 5.69 Å². The first-order valence-corrected chi connectivity index (χ1v) is 8.48. The molecule has 0 saturated heterocycles. The van der Waals surface area contributed by atoms with Crippen molar-refractivity contribution >= 4 is 23.7 Å². The summed E-state index contributed by atoms with van der Waals surface area (Å²) >= 11 is 0. The number of nitrogens with zero attached hydrogens (tertiary/aromatic N) is 1. The molecule has 3 N–H and O–H groups in total. The molecule has 2 rings (SSSR count). The highest BCUT2D eigenvalue weighted by Gasteiger charge is 2.29. The fourth-order valence-electron chi connectivity index (χ4n) is 2.45. The number of benzene rings is 2. The number of phenolic OH excluding ortho intramolecular Hbond substituents is 1. The Bertz CT molecular complexity index is 816. The van der Waals surface area contributed by atoms with Crippen LogP contribution >= 0.6 is 0 Å². The Morgan fingerprint density at radius 1 is 1.07 bits per heavy atom. The molecule has 142 valence electrons. The zero-order valence-corrected chi connectivity index (χ0v) is 15.5. The molecule has 2 amide bonds. The van der Waals surface area contributed by atoms with Crippen molar-refractivity contribution in [2.45, 2.75) is 13.8 Å². The second-order valence-electron chi connectivity index (χ2n) is 6.23. The maximum Gasteiger partial charge on any atom is 0.252 e. The Morgan fingerprint density at radius 2 is 1.74 bits per heavy atom. The molecule has 0 aliphatic rings. The molecule has 27 heavy (non-hydrogen) atoms. The third kappa shape index (κ3) is 5.57. The van der Waals surface area contributed by atoms with Crippen LogP contribution in [0.2, 0.25) is 0 Å². The van der Waals surface area contributed by atoms with Gasteiger partial charge in [0.25, 0.3) is 5.91 Å². The summed E-state index contributed by atoms with van der Waals surface area (Å²) in [6.07, 6.45) is 1.33. The Balaban J connectivity index is 2.03. The fraction of sp³-hybridized carbons (Fsp3) is 0.250. The molecule has 0 aliphatic heterocycles. The lowest BCUT2D eigenvalue weighted by Gasteiger charge is -2.18. The first kappa shape index (κ1) is 20.0. The van der Waals surface area contributed by atoms with Crippen LogP contribution in [0, 0.1) is 11.8 Å². The second kappa shape index (κ2) is 9.38. The van der Waals surface area contributed by atoms with Gasteiger partial charge in [0.1, 0.15) is 17.4 Å². The number of aromatic hydroxyl groups is 1. The van der Waals surface area contributed by atoms with Gasteiger partial charge >= 0.3 is 0 Å². The Kier molecular flexibility index (Phi) is 6.93. The number of nitrogens with one attached hydrogen (secondary N) is 2. The fourth-order valence-corrected chi connectivity index (χ4v) is 2.45. The monoisotopic (exact) mass is 369 g/mol. The Morgan fingerprint density at radius 3 is 2.33 bits per heavy atom. The standard InChI is InChI=1S/C20H23N3O4/c1-13(2)18(19(25)22-15-8-10-16(27-3)11-9-15)20(26)23-21-12-14-6-4-5-7-17(14)24/h4-13,18,24H,1-3H3,(H,22,25)(H,23,26). The van der Waals surface area contributed by atoms with Gasteiger partial charge in [-0.1, -0.05) is 26.0 Å². The smallest absolute Gasteiger partial charge is 0.252 e. The minimum atomic E-state index is -0.923. The molecule has 2 aromatic carbocycles. The lowest BCUT2D eigenvalue weighted by Crippen LogP contribution is -2.39. The van der Waals surface area contributed by atoms with Crippen molar-refractivity contribution < 1.29 is 19.4 Å². The molecule has 0 aliphatic carbocycles. The summed E-state index contributed by atoms with van der Waals surface area (Å²) in [7, 11) is 1.56. The number of phenols is 1. The number of para-hydroxylation sites is 1. The molecule has 1 unspecified atom stereocenters. The van der Waals surface area contributed by atoms with E-state index in [1.807, 2.05) is 0 Å². The van der Waals surface area contributed by atoms with Crippen LogP contribution in [0.25, 0.3) is 0 Å². The molecule has 0 spiro atoms. The average molecular weight is 369 g/mol. The third-order valence-electron chi connectivity index (χ3n) is 3.90. The van der Waals surface area contributed by atoms with E-state index in [-0.39, 0.29) is 11.7 Å². The molecule has 0 saturated carbocycles. The summed E-state index contributed by atoms with van der Waals surface area (Å²) < 4.78 is 5.08. The summed E-state index contributed by atoms with van der Waals surface area (Å²) in [4.78, 5) is 25.0. The summed E-state index contributed by atoms with van der Waals surface area (Å²) in [5, 5.41) is 16.2. The van der Waals surface area contributed by atoms with Crippen molar-refractivity contribution in [3.05, 3.63) is 54.1 Å². The van der Waals surface area contributed by atoms with Gasteiger partial charge in [-0.2, -0.15) is 5.10 Å². The largest absolute Gasteiger partial charge is 0.507 e. The number of carbonyl (C=O) groups is 2. The average Bonchev–Trinajstić information content (AvgIpc) is 2.63. The molecular formula is C20H23N3O4. The highest BCUT2D eigenvalue weighted by Crippen LogP contribution is 2.18. The van der Waals surface area contributed by atoms with Gasteiger partial charge in [-0.15, -0.1) is 0 Å². The number of rotatable bonds is 7. The highest BCUT2D eigenvalue weighted by atomic mass is 16.5. The number of hydrazone groups is 1. The molecule has 0 fully saturated rings. The van der Waals surface area contributed by atoms with Crippen LogP contribution in [0.3, 0.4) is 0 Å². The molecular weight excluding hydrogens is 346 g/mol. The van der Waals surface area contributed by atoms with Crippen LogP contribution in [0.5, 0.6) is 11.5 Å². The van der Waals surface area contributed by atoms with E-state index < -0.39 is 17.7 Å². The van der Waals surface area contributed by atoms with E-state index in [1.165, 1.54) is 12.3 Å². The van der Waals surface area contributed by atoms with Gasteiger partial charge in [0.15, 0.2) is 0 Å². The Hall–Kier alpha value is -3.35. The van der Waals surface area contributed by atoms with E-state index in [4.69, 9.17) is 4.74 Å². The zero-order valence-electron chi connectivity index (χ0n) is 15.5. The number of hydrogen-bond acceptors (Lipinski definition) is 5. The molecule has 0 aromatic heterocycles. The van der Waals surface area contributed by atoms with Gasteiger partial charge in [0.05, 0.1) is 13.3 Å². The SMILES string of the molecule is COc1ccc(NC(=O)C(C(=O)NN=Cc2ccccc2O)C(C)C)cc1. The summed E-state index contributed by atoms with van der Waals surface area (Å²) in [6.45, 7) is 3.56. The van der Waals surface area contributed by atoms with Crippen molar-refractivity contribution in [2.75, 3.05) is 12.4 Å². The first-order valence-electron chi connectivity index (χ1n) is 8.48. The maximum absolute atomic E-state index is 12.5. The lowest BCUT2D eigenvalue weighted by atomic mass is 9.94. The molecule has 0 radical (unpaired) electrons. The molecule has 1 atom stereocenters. The minimum absolute atomic E-state index is 0.0492. The van der Waals surface area contributed by atoms with Crippen LogP contribution in [0.1, 0.15) is 19.4 Å². The third-order valence-corrected chi connectivity index (χ3v) is 3.90. The van der Waals surface area contributed by atoms with Gasteiger partial charge in [0, 0.05) is 11.3 Å². The first-order chi connectivity index (χ1) is 12.9. The van der Waals surface area contributed by atoms with E-state index in [2.05, 4.69) is 15.8 Å². The van der Waals surface area contributed by atoms with Gasteiger partial charge in [0.2, 0.25) is 5.91 Å². The van der Waals surface area contributed by atoms with Gasteiger partial charge < -0.3 is 15.2 Å². The van der Waals surface area contributed by atoms with E-state index in [0.717, 1.165) is 0 Å². The molecule has 0 heterocycles. The predicted octanol–water partition coefficient (Wildman–Crippen LogP) is 2.76. The topological polar surface area (TPSA) is 100 Å². The van der Waals surface area contributed by atoms with Crippen LogP contribution in [-0.4, -0.2) is 30.2 Å². The molecule has 7 nitrogen and oxygen atoms in total. The number of anilines is 1. The van der Waals surface area contributed by atoms with Crippen LogP contribution in [-0.2, 0) is 9.59 Å². The van der Waals surface area contributed by atoms with Crippen molar-refractivity contribution in [1.29, 1.82) is 0 Å². The van der Waals surface area contributed by atoms with Crippen molar-refractivity contribution in [2.24, 2.45) is 16.9 Å². The zero-order chi connectivity index (χ0) is 19.8. The van der Waals surface area contributed by atoms with Crippen molar-refractivity contribution in [3.8, 4) is 11.5 Å². The van der Waals surface area contributed by atoms with E-state index in [1.54, 1.807) is 63.4 Å². The number of hydrogen-bond donors (Lipinski definition) is 3. The predicted molar refractivity (Wildman–Crippen MR) is 104 cm³/mol. The minimum Gasteiger partial charge on any atom is -0.507 e. The second-order valence-corrected chi connectivity index (χ2v) is 6.23. The van der Waals surface area contributed by atoms with Crippen molar-refractivity contribution in [1.82, 2.24) is 5.43 Å². The van der Waals surface area contributed by atoms with Crippen molar-refractivity contribution in [3.63, 3.8) is 0 Å². The Labute approximate surface area is 158 Å². The summed E-state index contributed by atoms with van der Waals surface area (Å²) in [6, 6.07) is 13.4. The molecule has 7 heteroatoms. The molecule has 2 aromatic rings. The quantitative estimate of drug-likeness (QED) is 0.397. The number of carbonyl (C=O) groups excluding carboxylic acids is 2. The van der Waals surface area contributed by atoms with Gasteiger partial charge in [-0.05, 0) is 42.3 Å². The van der Waals surface area contributed by atoms with E-state index in [0.29, 0.717) is 17.0 Å². The summed E-state index contributed by atoms with van der Waals surface area (Å²) in [5.74, 6) is -1.39. The van der Waals surface area contributed by atoms with E-state index in [9.17, 15) is 14.7 Å². The highest BCUT2D eigenvalue weighted by molar-refractivity contribution is 6.06.